The first-order valence-electron chi connectivity index (χ1n) is 10.5. The van der Waals surface area contributed by atoms with Crippen molar-refractivity contribution in [2.75, 3.05) is 25.2 Å². The van der Waals surface area contributed by atoms with Crippen molar-refractivity contribution in [3.8, 4) is 11.5 Å². The Morgan fingerprint density at radius 3 is 2.29 bits per heavy atom. The van der Waals surface area contributed by atoms with Gasteiger partial charge in [-0.2, -0.15) is 0 Å². The number of anilines is 1. The van der Waals surface area contributed by atoms with Crippen LogP contribution in [0, 0.1) is 0 Å². The lowest BCUT2D eigenvalue weighted by molar-refractivity contribution is 0.0670. The van der Waals surface area contributed by atoms with Crippen molar-refractivity contribution in [1.29, 1.82) is 0 Å². The number of sulfonamides is 1. The van der Waals surface area contributed by atoms with Crippen molar-refractivity contribution in [3.63, 3.8) is 0 Å². The highest BCUT2D eigenvalue weighted by molar-refractivity contribution is 7.92. The second-order valence-corrected chi connectivity index (χ2v) is 9.49. The molecule has 3 aromatic carbocycles. The first-order valence-corrected chi connectivity index (χ1v) is 12.4. The number of rotatable bonds is 7. The van der Waals surface area contributed by atoms with Gasteiger partial charge in [0.25, 0.3) is 5.91 Å². The molecule has 0 spiro atoms. The third-order valence-electron chi connectivity index (χ3n) is 5.34. The molecule has 3 aromatic rings. The molecule has 1 heterocycles. The fourth-order valence-corrected chi connectivity index (χ4v) is 4.32. The van der Waals surface area contributed by atoms with Gasteiger partial charge in [-0.1, -0.05) is 30.3 Å². The van der Waals surface area contributed by atoms with Gasteiger partial charge in [0.1, 0.15) is 17.5 Å². The van der Waals surface area contributed by atoms with Crippen LogP contribution in [0.5, 0.6) is 11.5 Å². The van der Waals surface area contributed by atoms with Gasteiger partial charge in [-0.15, -0.1) is 0 Å². The number of amides is 1. The van der Waals surface area contributed by atoms with Gasteiger partial charge in [0, 0.05) is 16.8 Å². The molecule has 1 aliphatic heterocycles. The lowest BCUT2D eigenvalue weighted by atomic mass is 10.0. The van der Waals surface area contributed by atoms with Crippen LogP contribution in [-0.4, -0.2) is 39.8 Å². The molecule has 0 bridgehead atoms. The Bertz CT molecular complexity index is 1320. The molecule has 8 nitrogen and oxygen atoms in total. The molecule has 4 rings (SSSR count). The van der Waals surface area contributed by atoms with E-state index in [0.29, 0.717) is 28.4 Å². The second kappa shape index (κ2) is 9.48. The van der Waals surface area contributed by atoms with Gasteiger partial charge in [-0.3, -0.25) is 14.9 Å². The number of benzene rings is 3. The van der Waals surface area contributed by atoms with E-state index in [-0.39, 0.29) is 5.91 Å². The summed E-state index contributed by atoms with van der Waals surface area (Å²) in [5.41, 5.74) is 6.44. The highest BCUT2D eigenvalue weighted by Crippen LogP contribution is 2.38. The lowest BCUT2D eigenvalue weighted by Gasteiger charge is -2.27. The van der Waals surface area contributed by atoms with Crippen molar-refractivity contribution in [3.05, 3.63) is 95.6 Å². The number of hydrogen-bond donors (Lipinski definition) is 2. The summed E-state index contributed by atoms with van der Waals surface area (Å²) in [6, 6.07) is 20.8. The molecule has 1 atom stereocenters. The summed E-state index contributed by atoms with van der Waals surface area (Å²) in [5, 5.41) is 1.55. The Morgan fingerprint density at radius 1 is 0.971 bits per heavy atom. The molecule has 0 aliphatic carbocycles. The second-order valence-electron chi connectivity index (χ2n) is 7.74. The first-order chi connectivity index (χ1) is 16.3. The third kappa shape index (κ3) is 4.99. The smallest absolute Gasteiger partial charge is 0.273 e. The summed E-state index contributed by atoms with van der Waals surface area (Å²) in [5.74, 6) is 1.04. The van der Waals surface area contributed by atoms with Gasteiger partial charge in [0.15, 0.2) is 0 Å². The van der Waals surface area contributed by atoms with Crippen molar-refractivity contribution in [1.82, 2.24) is 10.4 Å². The Hall–Kier alpha value is -3.98. The van der Waals surface area contributed by atoms with Crippen molar-refractivity contribution in [2.24, 2.45) is 0 Å². The minimum Gasteiger partial charge on any atom is -0.497 e. The van der Waals surface area contributed by atoms with E-state index in [1.165, 1.54) is 0 Å². The lowest BCUT2D eigenvalue weighted by Crippen LogP contribution is -2.39. The van der Waals surface area contributed by atoms with Crippen LogP contribution in [0.2, 0.25) is 0 Å². The molecule has 1 amide bonds. The largest absolute Gasteiger partial charge is 0.497 e. The van der Waals surface area contributed by atoms with E-state index in [1.54, 1.807) is 67.8 Å². The van der Waals surface area contributed by atoms with Crippen molar-refractivity contribution < 1.29 is 22.7 Å². The molecule has 34 heavy (non-hydrogen) atoms. The number of carbonyl (C=O) groups is 1. The molecule has 0 radical (unpaired) electrons. The molecule has 1 unspecified atom stereocenters. The molecule has 9 heteroatoms. The van der Waals surface area contributed by atoms with E-state index >= 15 is 0 Å². The van der Waals surface area contributed by atoms with Crippen LogP contribution in [0.25, 0.3) is 5.70 Å². The fraction of sp³-hybridized carbons (Fsp3) is 0.160. The van der Waals surface area contributed by atoms with E-state index in [2.05, 4.69) is 10.1 Å². The molecular formula is C25H25N3O5S. The van der Waals surface area contributed by atoms with E-state index in [0.717, 1.165) is 17.4 Å². The van der Waals surface area contributed by atoms with E-state index < -0.39 is 16.1 Å². The maximum absolute atomic E-state index is 13.5. The predicted octanol–water partition coefficient (Wildman–Crippen LogP) is 3.82. The van der Waals surface area contributed by atoms with Crippen LogP contribution in [0.15, 0.2) is 78.9 Å². The normalized spacial score (nSPS) is 15.3. The van der Waals surface area contributed by atoms with Crippen molar-refractivity contribution >= 4 is 27.3 Å². The molecule has 0 fully saturated rings. The first kappa shape index (κ1) is 23.2. The summed E-state index contributed by atoms with van der Waals surface area (Å²) in [6.45, 7) is 0. The van der Waals surface area contributed by atoms with Gasteiger partial charge in [-0.25, -0.2) is 13.4 Å². The average molecular weight is 480 g/mol. The zero-order valence-electron chi connectivity index (χ0n) is 19.0. The number of hydrazine groups is 1. The Kier molecular flexibility index (Phi) is 6.47. The standard InChI is InChI=1S/C25H25N3O5S/c1-32-20-13-14-24(33-2)21(15-20)23-16-22(17-9-11-19(12-10-17)27-34(3,30)31)26-28(23)25(29)18-7-5-4-6-8-18/h4-16,23,26-27H,1-3H3. The van der Waals surface area contributed by atoms with Crippen LogP contribution < -0.4 is 19.6 Å². The van der Waals surface area contributed by atoms with Gasteiger partial charge in [0.05, 0.1) is 26.2 Å². The molecule has 0 aromatic heterocycles. The quantitative estimate of drug-likeness (QED) is 0.535. The average Bonchev–Trinajstić information content (AvgIpc) is 3.28. The summed E-state index contributed by atoms with van der Waals surface area (Å²) < 4.78 is 36.4. The highest BCUT2D eigenvalue weighted by Gasteiger charge is 2.33. The third-order valence-corrected chi connectivity index (χ3v) is 5.94. The monoisotopic (exact) mass is 479 g/mol. The summed E-state index contributed by atoms with van der Waals surface area (Å²) in [6.07, 6.45) is 3.03. The number of nitrogens with zero attached hydrogens (tertiary/aromatic N) is 1. The number of nitrogens with one attached hydrogen (secondary N) is 2. The SMILES string of the molecule is COc1ccc(OC)c(C2C=C(c3ccc(NS(C)(=O)=O)cc3)NN2C(=O)c2ccccc2)c1. The van der Waals surface area contributed by atoms with Gasteiger partial charge in [-0.05, 0) is 54.1 Å². The Balaban J connectivity index is 1.74. The molecule has 0 saturated carbocycles. The molecule has 2 N–H and O–H groups in total. The maximum Gasteiger partial charge on any atom is 0.273 e. The topological polar surface area (TPSA) is 97.0 Å². The van der Waals surface area contributed by atoms with Crippen molar-refractivity contribution in [2.45, 2.75) is 6.04 Å². The van der Waals surface area contributed by atoms with Crippen LogP contribution in [-0.2, 0) is 10.0 Å². The number of ether oxygens (including phenoxy) is 2. The minimum absolute atomic E-state index is 0.211. The molecule has 1 aliphatic rings. The highest BCUT2D eigenvalue weighted by atomic mass is 32.2. The van der Waals surface area contributed by atoms with E-state index in [4.69, 9.17) is 9.47 Å². The minimum atomic E-state index is -3.38. The summed E-state index contributed by atoms with van der Waals surface area (Å²) in [7, 11) is -0.217. The molecule has 176 valence electrons. The Morgan fingerprint density at radius 2 is 1.68 bits per heavy atom. The molecule has 0 saturated heterocycles. The van der Waals surface area contributed by atoms with Crippen LogP contribution in [0.1, 0.15) is 27.5 Å². The van der Waals surface area contributed by atoms with Gasteiger partial charge in [0.2, 0.25) is 10.0 Å². The van der Waals surface area contributed by atoms with Crippen LogP contribution in [0.4, 0.5) is 5.69 Å². The fourth-order valence-electron chi connectivity index (χ4n) is 3.76. The maximum atomic E-state index is 13.5. The van der Waals surface area contributed by atoms with Crippen LogP contribution >= 0.6 is 0 Å². The number of carbonyl (C=O) groups excluding carboxylic acids is 1. The molecular weight excluding hydrogens is 454 g/mol. The number of hydrogen-bond acceptors (Lipinski definition) is 6. The zero-order chi connectivity index (χ0) is 24.3. The summed E-state index contributed by atoms with van der Waals surface area (Å²) in [4.78, 5) is 13.5. The van der Waals surface area contributed by atoms with E-state index in [9.17, 15) is 13.2 Å². The Labute approximate surface area is 198 Å². The number of methoxy groups -OCH3 is 2. The van der Waals surface area contributed by atoms with Gasteiger partial charge >= 0.3 is 0 Å². The predicted molar refractivity (Wildman–Crippen MR) is 131 cm³/mol. The van der Waals surface area contributed by atoms with Crippen LogP contribution in [0.3, 0.4) is 0 Å². The van der Waals surface area contributed by atoms with E-state index in [1.807, 2.05) is 30.3 Å². The zero-order valence-corrected chi connectivity index (χ0v) is 19.8. The summed E-state index contributed by atoms with van der Waals surface area (Å²) >= 11 is 0. The van der Waals surface area contributed by atoms with Gasteiger partial charge < -0.3 is 9.47 Å².